The van der Waals surface area contributed by atoms with E-state index in [4.69, 9.17) is 5.73 Å². The average Bonchev–Trinajstić information content (AvgIpc) is 3.01. The molecule has 1 amide bonds. The van der Waals surface area contributed by atoms with Crippen molar-refractivity contribution >= 4 is 21.8 Å². The van der Waals surface area contributed by atoms with Crippen molar-refractivity contribution in [2.45, 2.75) is 12.8 Å². The van der Waals surface area contributed by atoms with Crippen LogP contribution in [0.25, 0.3) is 0 Å². The molecule has 2 aromatic carbocycles. The number of carbonyl (C=O) groups excluding carboxylic acids is 1. The van der Waals surface area contributed by atoms with Crippen LogP contribution in [0.2, 0.25) is 0 Å². The molecule has 0 saturated carbocycles. The molecule has 2 aromatic rings. The molecule has 2 N–H and O–H groups in total. The first-order valence-corrected chi connectivity index (χ1v) is 8.70. The summed E-state index contributed by atoms with van der Waals surface area (Å²) in [5, 5.41) is 0. The van der Waals surface area contributed by atoms with Gasteiger partial charge in [0.2, 0.25) is 0 Å². The van der Waals surface area contributed by atoms with Crippen LogP contribution >= 0.6 is 15.9 Å². The number of halogens is 1. The van der Waals surface area contributed by atoms with Gasteiger partial charge >= 0.3 is 0 Å². The number of aryl methyl sites for hydroxylation is 1. The van der Waals surface area contributed by atoms with Gasteiger partial charge in [-0.15, -0.1) is 0 Å². The summed E-state index contributed by atoms with van der Waals surface area (Å²) in [7, 11) is 0. The van der Waals surface area contributed by atoms with Crippen LogP contribution in [0.4, 0.5) is 0 Å². The van der Waals surface area contributed by atoms with E-state index in [0.717, 1.165) is 28.7 Å². The molecule has 23 heavy (non-hydrogen) atoms. The van der Waals surface area contributed by atoms with Gasteiger partial charge in [0.1, 0.15) is 0 Å². The lowest BCUT2D eigenvalue weighted by Crippen LogP contribution is -2.30. The highest BCUT2D eigenvalue weighted by molar-refractivity contribution is 9.10. The maximum Gasteiger partial charge on any atom is 0.254 e. The van der Waals surface area contributed by atoms with E-state index in [1.165, 1.54) is 5.56 Å². The standard InChI is InChI=1S/C19H21BrN2O/c1-13-7-8-16(20)9-17(13)19(23)22-11-15(10-21)18(12-22)14-5-3-2-4-6-14/h2-9,15,18H,10-12,21H2,1H3/t15-,18+/m1/s1. The molecule has 0 radical (unpaired) electrons. The van der Waals surface area contributed by atoms with Crippen LogP contribution in [0, 0.1) is 12.8 Å². The molecule has 1 heterocycles. The molecule has 3 nitrogen and oxygen atoms in total. The van der Waals surface area contributed by atoms with Crippen molar-refractivity contribution in [3.63, 3.8) is 0 Å². The van der Waals surface area contributed by atoms with Crippen molar-refractivity contribution in [3.8, 4) is 0 Å². The highest BCUT2D eigenvalue weighted by Gasteiger charge is 2.35. The van der Waals surface area contributed by atoms with E-state index in [9.17, 15) is 4.79 Å². The molecule has 1 aliphatic heterocycles. The fourth-order valence-corrected chi connectivity index (χ4v) is 3.71. The molecule has 1 aliphatic rings. The second-order valence-corrected chi connectivity index (χ2v) is 7.10. The maximum atomic E-state index is 12.9. The highest BCUT2D eigenvalue weighted by atomic mass is 79.9. The predicted molar refractivity (Wildman–Crippen MR) is 96.5 cm³/mol. The fraction of sp³-hybridized carbons (Fsp3) is 0.316. The zero-order chi connectivity index (χ0) is 16.4. The number of benzene rings is 2. The average molecular weight is 373 g/mol. The molecule has 0 spiro atoms. The number of nitrogens with two attached hydrogens (primary N) is 1. The molecule has 0 unspecified atom stereocenters. The van der Waals surface area contributed by atoms with Crippen LogP contribution < -0.4 is 5.73 Å². The lowest BCUT2D eigenvalue weighted by molar-refractivity contribution is 0.0785. The lowest BCUT2D eigenvalue weighted by Gasteiger charge is -2.18. The Balaban J connectivity index is 1.84. The van der Waals surface area contributed by atoms with Crippen molar-refractivity contribution in [1.82, 2.24) is 4.90 Å². The number of nitrogens with zero attached hydrogens (tertiary/aromatic N) is 1. The number of hydrogen-bond donors (Lipinski definition) is 1. The van der Waals surface area contributed by atoms with Gasteiger partial charge in [-0.2, -0.15) is 0 Å². The second kappa shape index (κ2) is 6.85. The lowest BCUT2D eigenvalue weighted by atomic mass is 9.89. The largest absolute Gasteiger partial charge is 0.338 e. The number of rotatable bonds is 3. The molecular formula is C19H21BrN2O. The summed E-state index contributed by atoms with van der Waals surface area (Å²) in [6.07, 6.45) is 0. The third-order valence-corrected chi connectivity index (χ3v) is 5.18. The van der Waals surface area contributed by atoms with Crippen molar-refractivity contribution < 1.29 is 4.79 Å². The van der Waals surface area contributed by atoms with E-state index < -0.39 is 0 Å². The van der Waals surface area contributed by atoms with Gasteiger partial charge in [0, 0.05) is 29.0 Å². The first-order valence-electron chi connectivity index (χ1n) is 7.90. The van der Waals surface area contributed by atoms with Crippen LogP contribution in [0.3, 0.4) is 0 Å². The molecule has 4 heteroatoms. The van der Waals surface area contributed by atoms with Gasteiger partial charge in [0.15, 0.2) is 0 Å². The number of carbonyl (C=O) groups is 1. The summed E-state index contributed by atoms with van der Waals surface area (Å²) in [6, 6.07) is 16.2. The minimum Gasteiger partial charge on any atom is -0.338 e. The maximum absolute atomic E-state index is 12.9. The van der Waals surface area contributed by atoms with Gasteiger partial charge in [-0.05, 0) is 42.6 Å². The summed E-state index contributed by atoms with van der Waals surface area (Å²) in [5.41, 5.74) is 9.01. The molecule has 1 fully saturated rings. The van der Waals surface area contributed by atoms with Crippen molar-refractivity contribution in [1.29, 1.82) is 0 Å². The van der Waals surface area contributed by atoms with Crippen LogP contribution in [0.5, 0.6) is 0 Å². The van der Waals surface area contributed by atoms with Gasteiger partial charge in [0.25, 0.3) is 5.91 Å². The van der Waals surface area contributed by atoms with E-state index in [1.54, 1.807) is 0 Å². The Morgan fingerprint density at radius 1 is 1.22 bits per heavy atom. The van der Waals surface area contributed by atoms with E-state index >= 15 is 0 Å². The monoisotopic (exact) mass is 372 g/mol. The summed E-state index contributed by atoms with van der Waals surface area (Å²) >= 11 is 3.46. The van der Waals surface area contributed by atoms with Crippen LogP contribution in [0.15, 0.2) is 53.0 Å². The quantitative estimate of drug-likeness (QED) is 0.894. The number of hydrogen-bond acceptors (Lipinski definition) is 2. The topological polar surface area (TPSA) is 46.3 Å². The number of likely N-dealkylation sites (tertiary alicyclic amines) is 1. The SMILES string of the molecule is Cc1ccc(Br)cc1C(=O)N1C[C@@H](CN)[C@H](c2ccccc2)C1. The smallest absolute Gasteiger partial charge is 0.254 e. The Kier molecular flexibility index (Phi) is 4.83. The Morgan fingerprint density at radius 3 is 2.65 bits per heavy atom. The van der Waals surface area contributed by atoms with Crippen molar-refractivity contribution in [2.75, 3.05) is 19.6 Å². The summed E-state index contributed by atoms with van der Waals surface area (Å²) in [6.45, 7) is 4.03. The minimum atomic E-state index is 0.0979. The molecule has 1 saturated heterocycles. The normalized spacial score (nSPS) is 20.7. The molecule has 0 bridgehead atoms. The Labute approximate surface area is 145 Å². The third kappa shape index (κ3) is 3.33. The van der Waals surface area contributed by atoms with Gasteiger partial charge < -0.3 is 10.6 Å². The summed E-state index contributed by atoms with van der Waals surface area (Å²) in [4.78, 5) is 14.9. The zero-order valence-electron chi connectivity index (χ0n) is 13.2. The number of amides is 1. The summed E-state index contributed by atoms with van der Waals surface area (Å²) < 4.78 is 0.931. The molecule has 120 valence electrons. The fourth-order valence-electron chi connectivity index (χ4n) is 3.35. The highest BCUT2D eigenvalue weighted by Crippen LogP contribution is 2.33. The van der Waals surface area contributed by atoms with E-state index in [0.29, 0.717) is 18.4 Å². The molecular weight excluding hydrogens is 352 g/mol. The molecule has 0 aliphatic carbocycles. The van der Waals surface area contributed by atoms with E-state index in [1.807, 2.05) is 48.2 Å². The van der Waals surface area contributed by atoms with Crippen molar-refractivity contribution in [2.24, 2.45) is 11.7 Å². The van der Waals surface area contributed by atoms with Gasteiger partial charge in [-0.1, -0.05) is 52.3 Å². The molecule has 0 aromatic heterocycles. The van der Waals surface area contributed by atoms with E-state index in [2.05, 4.69) is 28.1 Å². The first kappa shape index (κ1) is 16.2. The van der Waals surface area contributed by atoms with Gasteiger partial charge in [-0.25, -0.2) is 0 Å². The van der Waals surface area contributed by atoms with Crippen molar-refractivity contribution in [3.05, 3.63) is 69.7 Å². The van der Waals surface area contributed by atoms with Crippen LogP contribution in [-0.2, 0) is 0 Å². The minimum absolute atomic E-state index is 0.0979. The van der Waals surface area contributed by atoms with Crippen LogP contribution in [-0.4, -0.2) is 30.4 Å². The Hall–Kier alpha value is -1.65. The van der Waals surface area contributed by atoms with Crippen LogP contribution in [0.1, 0.15) is 27.4 Å². The Bertz CT molecular complexity index is 702. The first-order chi connectivity index (χ1) is 11.1. The van der Waals surface area contributed by atoms with E-state index in [-0.39, 0.29) is 5.91 Å². The third-order valence-electron chi connectivity index (χ3n) is 4.69. The predicted octanol–water partition coefficient (Wildman–Crippen LogP) is 3.57. The van der Waals surface area contributed by atoms with Gasteiger partial charge in [0.05, 0.1) is 0 Å². The summed E-state index contributed by atoms with van der Waals surface area (Å²) in [5.74, 6) is 0.729. The zero-order valence-corrected chi connectivity index (χ0v) is 14.8. The molecule has 3 rings (SSSR count). The Morgan fingerprint density at radius 2 is 1.96 bits per heavy atom. The second-order valence-electron chi connectivity index (χ2n) is 6.18. The molecule has 2 atom stereocenters. The van der Waals surface area contributed by atoms with Gasteiger partial charge in [-0.3, -0.25) is 4.79 Å².